The lowest BCUT2D eigenvalue weighted by atomic mass is 9.99. The smallest absolute Gasteiger partial charge is 0.273 e. The van der Waals surface area contributed by atoms with E-state index in [2.05, 4.69) is 10.2 Å². The van der Waals surface area contributed by atoms with Crippen LogP contribution in [0.2, 0.25) is 0 Å². The van der Waals surface area contributed by atoms with E-state index in [0.29, 0.717) is 30.0 Å². The van der Waals surface area contributed by atoms with Crippen LogP contribution in [0.1, 0.15) is 21.6 Å². The molecule has 2 aromatic heterocycles. The minimum atomic E-state index is -0.689. The molecule has 0 fully saturated rings. The number of rotatable bonds is 6. The van der Waals surface area contributed by atoms with E-state index in [9.17, 15) is 4.79 Å². The zero-order chi connectivity index (χ0) is 22.4. The lowest BCUT2D eigenvalue weighted by Gasteiger charge is -2.18. The van der Waals surface area contributed by atoms with Crippen molar-refractivity contribution in [1.29, 1.82) is 0 Å². The van der Waals surface area contributed by atoms with E-state index >= 15 is 8.78 Å². The topological polar surface area (TPSA) is 65.2 Å². The largest absolute Gasteiger partial charge is 0.383 e. The summed E-state index contributed by atoms with van der Waals surface area (Å²) in [6.45, 7) is 0.947. The van der Waals surface area contributed by atoms with Gasteiger partial charge in [0.25, 0.3) is 5.91 Å². The molecule has 4 aromatic rings. The summed E-state index contributed by atoms with van der Waals surface area (Å²) in [5, 5.41) is 9.37. The molecule has 0 aliphatic carbocycles. The number of hydrogen-bond donors (Lipinski definition) is 0. The van der Waals surface area contributed by atoms with Crippen molar-refractivity contribution in [3.8, 4) is 11.1 Å². The predicted molar refractivity (Wildman–Crippen MR) is 114 cm³/mol. The average molecular weight is 437 g/mol. The fourth-order valence-corrected chi connectivity index (χ4v) is 4.20. The number of hydrogen-bond acceptors (Lipinski definition) is 4. The van der Waals surface area contributed by atoms with E-state index in [4.69, 9.17) is 4.74 Å². The zero-order valence-corrected chi connectivity index (χ0v) is 17.7. The monoisotopic (exact) mass is 437 g/mol. The third-order valence-corrected chi connectivity index (χ3v) is 5.74. The van der Waals surface area contributed by atoms with E-state index in [1.807, 2.05) is 18.3 Å². The molecule has 2 aromatic carbocycles. The Bertz CT molecular complexity index is 1320. The molecule has 7 nitrogen and oxygen atoms in total. The summed E-state index contributed by atoms with van der Waals surface area (Å²) in [6.07, 6.45) is 3.44. The summed E-state index contributed by atoms with van der Waals surface area (Å²) < 4.78 is 38.4. The lowest BCUT2D eigenvalue weighted by molar-refractivity contribution is 0.0749. The normalized spacial score (nSPS) is 13.4. The molecule has 0 saturated heterocycles. The molecular formula is C23H21F2N5O2. The van der Waals surface area contributed by atoms with Crippen LogP contribution < -0.4 is 0 Å². The SMILES string of the molecule is COCCn1ncc2c1C(=O)N(Cc1c(F)cc(-c3cccc4nn(C)cc34)cc1F)C2. The van der Waals surface area contributed by atoms with Crippen molar-refractivity contribution in [2.45, 2.75) is 19.6 Å². The van der Waals surface area contributed by atoms with Crippen LogP contribution in [0.4, 0.5) is 8.78 Å². The molecule has 164 valence electrons. The first kappa shape index (κ1) is 20.3. The molecule has 0 saturated carbocycles. The summed E-state index contributed by atoms with van der Waals surface area (Å²) in [5.74, 6) is -1.67. The average Bonchev–Trinajstić information content (AvgIpc) is 3.43. The minimum absolute atomic E-state index is 0.137. The van der Waals surface area contributed by atoms with Gasteiger partial charge in [0, 0.05) is 36.9 Å². The summed E-state index contributed by atoms with van der Waals surface area (Å²) in [7, 11) is 3.37. The molecule has 1 aliphatic heterocycles. The highest BCUT2D eigenvalue weighted by molar-refractivity contribution is 5.97. The van der Waals surface area contributed by atoms with Gasteiger partial charge >= 0.3 is 0 Å². The zero-order valence-electron chi connectivity index (χ0n) is 17.7. The first-order valence-electron chi connectivity index (χ1n) is 10.2. The fourth-order valence-electron chi connectivity index (χ4n) is 4.20. The second-order valence-electron chi connectivity index (χ2n) is 7.86. The molecule has 32 heavy (non-hydrogen) atoms. The van der Waals surface area contributed by atoms with E-state index in [-0.39, 0.29) is 24.6 Å². The number of amides is 1. The standard InChI is InChI=1S/C23H21F2N5O2/c1-28-12-17-16(4-3-5-21(17)27-28)14-8-19(24)18(20(25)9-14)13-29-11-15-10-26-30(6-7-32-2)22(15)23(29)31/h3-5,8-10,12H,6-7,11,13H2,1-2H3. The third-order valence-electron chi connectivity index (χ3n) is 5.74. The van der Waals surface area contributed by atoms with E-state index in [1.54, 1.807) is 35.8 Å². The van der Waals surface area contributed by atoms with Gasteiger partial charge in [-0.05, 0) is 29.3 Å². The summed E-state index contributed by atoms with van der Waals surface area (Å²) in [4.78, 5) is 14.3. The van der Waals surface area contributed by atoms with E-state index < -0.39 is 11.6 Å². The Kier molecular flexibility index (Phi) is 4.97. The van der Waals surface area contributed by atoms with Crippen molar-refractivity contribution in [1.82, 2.24) is 24.5 Å². The lowest BCUT2D eigenvalue weighted by Crippen LogP contribution is -2.27. The second kappa shape index (κ2) is 7.83. The minimum Gasteiger partial charge on any atom is -0.383 e. The number of ether oxygens (including phenoxy) is 1. The Hall–Kier alpha value is -3.59. The van der Waals surface area contributed by atoms with Gasteiger partial charge in [0.05, 0.1) is 38.0 Å². The van der Waals surface area contributed by atoms with E-state index in [0.717, 1.165) is 16.5 Å². The third kappa shape index (κ3) is 3.34. The van der Waals surface area contributed by atoms with Crippen LogP contribution in [-0.4, -0.2) is 44.1 Å². The van der Waals surface area contributed by atoms with Gasteiger partial charge in [0.15, 0.2) is 0 Å². The number of aryl methyl sites for hydroxylation is 1. The molecule has 1 amide bonds. The number of methoxy groups -OCH3 is 1. The molecule has 3 heterocycles. The van der Waals surface area contributed by atoms with Gasteiger partial charge in [-0.25, -0.2) is 8.78 Å². The molecule has 0 spiro atoms. The maximum absolute atomic E-state index is 15.1. The van der Waals surface area contributed by atoms with Crippen LogP contribution in [0.15, 0.2) is 42.7 Å². The van der Waals surface area contributed by atoms with Crippen molar-refractivity contribution in [2.75, 3.05) is 13.7 Å². The number of aromatic nitrogens is 4. The van der Waals surface area contributed by atoms with Crippen LogP contribution in [0.5, 0.6) is 0 Å². The van der Waals surface area contributed by atoms with Gasteiger partial charge < -0.3 is 9.64 Å². The molecule has 5 rings (SSSR count). The Morgan fingerprint density at radius 2 is 1.97 bits per heavy atom. The summed E-state index contributed by atoms with van der Waals surface area (Å²) in [5.41, 5.74) is 2.92. The number of benzene rings is 2. The number of carbonyl (C=O) groups excluding carboxylic acids is 1. The quantitative estimate of drug-likeness (QED) is 0.463. The molecule has 0 atom stereocenters. The summed E-state index contributed by atoms with van der Waals surface area (Å²) >= 11 is 0. The number of halogens is 2. The Balaban J connectivity index is 1.43. The maximum Gasteiger partial charge on any atom is 0.273 e. The van der Waals surface area contributed by atoms with Gasteiger partial charge in [-0.15, -0.1) is 0 Å². The van der Waals surface area contributed by atoms with Gasteiger partial charge in [0.1, 0.15) is 17.3 Å². The van der Waals surface area contributed by atoms with Crippen molar-refractivity contribution >= 4 is 16.8 Å². The number of nitrogens with zero attached hydrogens (tertiary/aromatic N) is 5. The predicted octanol–water partition coefficient (Wildman–Crippen LogP) is 3.52. The maximum atomic E-state index is 15.1. The van der Waals surface area contributed by atoms with Crippen molar-refractivity contribution < 1.29 is 18.3 Å². The van der Waals surface area contributed by atoms with Crippen LogP contribution in [0, 0.1) is 11.6 Å². The van der Waals surface area contributed by atoms with Crippen molar-refractivity contribution in [2.24, 2.45) is 7.05 Å². The van der Waals surface area contributed by atoms with Crippen LogP contribution >= 0.6 is 0 Å². The molecule has 0 unspecified atom stereocenters. The van der Waals surface area contributed by atoms with Crippen LogP contribution in [0.3, 0.4) is 0 Å². The van der Waals surface area contributed by atoms with Crippen molar-refractivity contribution in [3.05, 3.63) is 71.2 Å². The van der Waals surface area contributed by atoms with E-state index in [1.165, 1.54) is 17.0 Å². The molecular weight excluding hydrogens is 416 g/mol. The van der Waals surface area contributed by atoms with Crippen LogP contribution in [0.25, 0.3) is 22.0 Å². The summed E-state index contributed by atoms with van der Waals surface area (Å²) in [6, 6.07) is 8.10. The molecule has 0 N–H and O–H groups in total. The first-order valence-corrected chi connectivity index (χ1v) is 10.2. The van der Waals surface area contributed by atoms with Crippen LogP contribution in [-0.2, 0) is 31.4 Å². The first-order chi connectivity index (χ1) is 15.5. The molecule has 0 bridgehead atoms. The van der Waals surface area contributed by atoms with Gasteiger partial charge in [-0.1, -0.05) is 12.1 Å². The van der Waals surface area contributed by atoms with Crippen molar-refractivity contribution in [3.63, 3.8) is 0 Å². The Morgan fingerprint density at radius 1 is 1.19 bits per heavy atom. The van der Waals surface area contributed by atoms with Gasteiger partial charge in [-0.2, -0.15) is 10.2 Å². The molecule has 9 heteroatoms. The highest BCUT2D eigenvalue weighted by Crippen LogP contribution is 2.32. The van der Waals surface area contributed by atoms with Gasteiger partial charge in [0.2, 0.25) is 0 Å². The molecule has 1 aliphatic rings. The molecule has 0 radical (unpaired) electrons. The number of carbonyl (C=O) groups is 1. The Morgan fingerprint density at radius 3 is 2.72 bits per heavy atom. The fraction of sp³-hybridized carbons (Fsp3) is 0.261. The van der Waals surface area contributed by atoms with Gasteiger partial charge in [-0.3, -0.25) is 14.2 Å². The Labute approximate surface area is 182 Å². The highest BCUT2D eigenvalue weighted by atomic mass is 19.1. The number of fused-ring (bicyclic) bond motifs is 2. The highest BCUT2D eigenvalue weighted by Gasteiger charge is 2.33. The second-order valence-corrected chi connectivity index (χ2v) is 7.86.